The number of aromatic nitrogens is 1. The van der Waals surface area contributed by atoms with Crippen molar-refractivity contribution in [2.75, 3.05) is 0 Å². The molecule has 0 bridgehead atoms. The van der Waals surface area contributed by atoms with E-state index in [-0.39, 0.29) is 4.50 Å². The molecule has 0 fully saturated rings. The third-order valence-corrected chi connectivity index (χ3v) is 2.19. The minimum Gasteiger partial charge on any atom is -0.270 e. The lowest BCUT2D eigenvalue weighted by Gasteiger charge is -1.92. The summed E-state index contributed by atoms with van der Waals surface area (Å²) < 4.78 is 2.22. The summed E-state index contributed by atoms with van der Waals surface area (Å²) in [5.41, 5.74) is 1.27. The number of nitrogens with zero attached hydrogens (tertiary/aromatic N) is 1. The summed E-state index contributed by atoms with van der Waals surface area (Å²) in [5, 5.41) is 0. The number of pyridine rings is 1. The first kappa shape index (κ1) is 8.27. The van der Waals surface area contributed by atoms with Crippen LogP contribution >= 0.6 is 31.5 Å². The molecule has 0 saturated heterocycles. The summed E-state index contributed by atoms with van der Waals surface area (Å²) in [6, 6.07) is 4.13. The summed E-state index contributed by atoms with van der Waals surface area (Å²) in [4.78, 5) is 0. The van der Waals surface area contributed by atoms with Gasteiger partial charge in [-0.2, -0.15) is 0 Å². The zero-order valence-corrected chi connectivity index (χ0v) is 8.76. The number of hydrogen-bond donors (Lipinski definition) is 0. The molecular weight excluding hydrogens is 257 g/mol. The van der Waals surface area contributed by atoms with Crippen molar-refractivity contribution in [3.63, 3.8) is 0 Å². The van der Waals surface area contributed by atoms with Gasteiger partial charge in [0.05, 0.1) is 0 Å². The van der Waals surface area contributed by atoms with Crippen molar-refractivity contribution >= 4 is 36.0 Å². The smallest absolute Gasteiger partial charge is 0.270 e. The molecular formula is C6H7BBr2N+. The SMILES string of the molecule is Cc1cc[n+](B(Br)Br)cc1. The van der Waals surface area contributed by atoms with Gasteiger partial charge in [-0.05, 0) is 44.0 Å². The zero-order valence-electron chi connectivity index (χ0n) is 5.59. The molecule has 0 atom stereocenters. The van der Waals surface area contributed by atoms with Crippen molar-refractivity contribution < 1.29 is 4.48 Å². The topological polar surface area (TPSA) is 3.88 Å². The summed E-state index contributed by atoms with van der Waals surface area (Å²) in [7, 11) is 0. The molecule has 52 valence electrons. The van der Waals surface area contributed by atoms with Gasteiger partial charge in [0.25, 0.3) is 0 Å². The van der Waals surface area contributed by atoms with Gasteiger partial charge in [-0.3, -0.25) is 4.48 Å². The molecule has 0 unspecified atom stereocenters. The Morgan fingerprint density at radius 3 is 2.20 bits per heavy atom. The third kappa shape index (κ3) is 2.09. The Morgan fingerprint density at radius 1 is 1.30 bits per heavy atom. The maximum absolute atomic E-state index is 3.39. The van der Waals surface area contributed by atoms with Crippen LogP contribution in [-0.4, -0.2) is 4.50 Å². The molecule has 4 heteroatoms. The van der Waals surface area contributed by atoms with E-state index in [4.69, 9.17) is 0 Å². The average molecular weight is 264 g/mol. The molecule has 0 aliphatic heterocycles. The molecule has 0 aromatic carbocycles. The highest BCUT2D eigenvalue weighted by Crippen LogP contribution is 1.98. The largest absolute Gasteiger partial charge is 0.642 e. The average Bonchev–Trinajstić information content (AvgIpc) is 1.88. The molecule has 1 aromatic rings. The van der Waals surface area contributed by atoms with Crippen molar-refractivity contribution in [3.8, 4) is 0 Å². The molecule has 0 N–H and O–H groups in total. The quantitative estimate of drug-likeness (QED) is 0.682. The van der Waals surface area contributed by atoms with Crippen LogP contribution in [0.2, 0.25) is 0 Å². The van der Waals surface area contributed by atoms with Gasteiger partial charge < -0.3 is 0 Å². The molecule has 0 amide bonds. The van der Waals surface area contributed by atoms with Gasteiger partial charge in [0, 0.05) is 12.1 Å². The fourth-order valence-corrected chi connectivity index (χ4v) is 1.19. The molecule has 0 aliphatic rings. The Hall–Kier alpha value is 0.175. The zero-order chi connectivity index (χ0) is 7.56. The van der Waals surface area contributed by atoms with Gasteiger partial charge in [-0.25, -0.2) is 0 Å². The van der Waals surface area contributed by atoms with Crippen molar-refractivity contribution in [1.29, 1.82) is 0 Å². The Labute approximate surface area is 77.5 Å². The predicted molar refractivity (Wildman–Crippen MR) is 50.4 cm³/mol. The molecule has 0 spiro atoms. The van der Waals surface area contributed by atoms with Crippen molar-refractivity contribution in [1.82, 2.24) is 0 Å². The molecule has 1 nitrogen and oxygen atoms in total. The van der Waals surface area contributed by atoms with Crippen molar-refractivity contribution in [2.24, 2.45) is 0 Å². The summed E-state index contributed by atoms with van der Waals surface area (Å²) >= 11 is 6.77. The Bertz CT molecular complexity index is 209. The Kier molecular flexibility index (Phi) is 2.92. The van der Waals surface area contributed by atoms with Gasteiger partial charge in [-0.15, -0.1) is 0 Å². The van der Waals surface area contributed by atoms with Crippen LogP contribution in [0.1, 0.15) is 5.56 Å². The first-order valence-corrected chi connectivity index (χ1v) is 4.79. The van der Waals surface area contributed by atoms with Crippen molar-refractivity contribution in [2.45, 2.75) is 6.92 Å². The second-order valence-electron chi connectivity index (χ2n) is 2.10. The summed E-state index contributed by atoms with van der Waals surface area (Å²) in [6.45, 7) is 2.07. The van der Waals surface area contributed by atoms with Crippen LogP contribution in [0.25, 0.3) is 0 Å². The maximum Gasteiger partial charge on any atom is 0.642 e. The highest BCUT2D eigenvalue weighted by atomic mass is 79.9. The first-order chi connectivity index (χ1) is 4.70. The van der Waals surface area contributed by atoms with E-state index in [1.54, 1.807) is 0 Å². The fraction of sp³-hybridized carbons (Fsp3) is 0.167. The van der Waals surface area contributed by atoms with Gasteiger partial charge in [0.2, 0.25) is 0 Å². The van der Waals surface area contributed by atoms with E-state index in [9.17, 15) is 0 Å². The lowest BCUT2D eigenvalue weighted by molar-refractivity contribution is -0.526. The summed E-state index contributed by atoms with van der Waals surface area (Å²) in [5.74, 6) is 0. The lowest BCUT2D eigenvalue weighted by atomic mass is 10.3. The summed E-state index contributed by atoms with van der Waals surface area (Å²) in [6.07, 6.45) is 4.03. The van der Waals surface area contributed by atoms with Gasteiger partial charge >= 0.3 is 4.50 Å². The van der Waals surface area contributed by atoms with Crippen LogP contribution in [0.5, 0.6) is 0 Å². The Morgan fingerprint density at radius 2 is 1.80 bits per heavy atom. The molecule has 1 rings (SSSR count). The highest BCUT2D eigenvalue weighted by molar-refractivity contribution is 9.48. The van der Waals surface area contributed by atoms with E-state index in [1.807, 2.05) is 16.9 Å². The lowest BCUT2D eigenvalue weighted by Crippen LogP contribution is -2.42. The molecule has 1 aromatic heterocycles. The normalized spacial score (nSPS) is 9.50. The third-order valence-electron chi connectivity index (χ3n) is 1.24. The van der Waals surface area contributed by atoms with Crippen LogP contribution in [0.15, 0.2) is 24.5 Å². The fourth-order valence-electron chi connectivity index (χ4n) is 0.643. The van der Waals surface area contributed by atoms with Crippen LogP contribution in [-0.2, 0) is 0 Å². The van der Waals surface area contributed by atoms with E-state index in [0.717, 1.165) is 0 Å². The van der Waals surface area contributed by atoms with E-state index < -0.39 is 0 Å². The van der Waals surface area contributed by atoms with Crippen molar-refractivity contribution in [3.05, 3.63) is 30.1 Å². The van der Waals surface area contributed by atoms with Crippen LogP contribution in [0.4, 0.5) is 0 Å². The maximum atomic E-state index is 3.39. The van der Waals surface area contributed by atoms with E-state index in [2.05, 4.69) is 50.6 Å². The molecule has 10 heavy (non-hydrogen) atoms. The Balaban J connectivity index is 2.89. The minimum absolute atomic E-state index is 0.195. The van der Waals surface area contributed by atoms with Crippen LogP contribution in [0.3, 0.4) is 0 Å². The van der Waals surface area contributed by atoms with E-state index in [0.29, 0.717) is 0 Å². The first-order valence-electron chi connectivity index (χ1n) is 2.96. The second kappa shape index (κ2) is 3.53. The number of rotatable bonds is 1. The van der Waals surface area contributed by atoms with Gasteiger partial charge in [0.15, 0.2) is 0 Å². The van der Waals surface area contributed by atoms with E-state index in [1.165, 1.54) is 5.56 Å². The standard InChI is InChI=1S/C6H7BBr2N/c1-6-2-4-10(5-3-6)7(8)9/h2-5H,1H3/q+1. The monoisotopic (exact) mass is 262 g/mol. The van der Waals surface area contributed by atoms with Gasteiger partial charge in [0.1, 0.15) is 12.4 Å². The molecule has 0 radical (unpaired) electrons. The molecule has 0 saturated carbocycles. The number of halogens is 2. The number of aryl methyl sites for hydroxylation is 1. The highest BCUT2D eigenvalue weighted by Gasteiger charge is 2.18. The molecule has 1 heterocycles. The van der Waals surface area contributed by atoms with E-state index >= 15 is 0 Å². The molecule has 0 aliphatic carbocycles. The second-order valence-corrected chi connectivity index (χ2v) is 5.06. The van der Waals surface area contributed by atoms with Gasteiger partial charge in [-0.1, -0.05) is 0 Å². The predicted octanol–water partition coefficient (Wildman–Crippen LogP) is 1.91. The van der Waals surface area contributed by atoms with Crippen LogP contribution < -0.4 is 4.48 Å². The number of hydrogen-bond acceptors (Lipinski definition) is 0. The van der Waals surface area contributed by atoms with Crippen LogP contribution in [0, 0.1) is 6.92 Å². The minimum atomic E-state index is 0.195.